The highest BCUT2D eigenvalue weighted by Gasteiger charge is 2.27. The first-order chi connectivity index (χ1) is 13.5. The number of alkyl carbamates (subject to hydrolysis) is 1. The Bertz CT molecular complexity index is 851. The molecule has 2 aromatic rings. The molecule has 0 fully saturated rings. The van der Waals surface area contributed by atoms with Crippen LogP contribution in [-0.2, 0) is 9.53 Å². The fraction of sp³-hybridized carbons (Fsp3) is 0.381. The Balaban J connectivity index is 2.18. The molecule has 2 rings (SSSR count). The number of rotatable bonds is 6. The maximum atomic E-state index is 13.8. The number of ether oxygens (including phenoxy) is 1. The fourth-order valence-electron chi connectivity index (χ4n) is 2.50. The molecule has 1 heterocycles. The number of anilines is 3. The van der Waals surface area contributed by atoms with Crippen molar-refractivity contribution in [2.45, 2.75) is 46.3 Å². The molecule has 1 aromatic heterocycles. The summed E-state index contributed by atoms with van der Waals surface area (Å²) in [4.78, 5) is 28.9. The number of pyridine rings is 1. The Morgan fingerprint density at radius 1 is 1.14 bits per heavy atom. The summed E-state index contributed by atoms with van der Waals surface area (Å²) in [7, 11) is 0. The summed E-state index contributed by atoms with van der Waals surface area (Å²) >= 11 is 0. The summed E-state index contributed by atoms with van der Waals surface area (Å²) in [6, 6.07) is 6.64. The van der Waals surface area contributed by atoms with Crippen molar-refractivity contribution in [2.24, 2.45) is 5.92 Å². The van der Waals surface area contributed by atoms with E-state index in [-0.39, 0.29) is 5.92 Å². The molecule has 1 atom stereocenters. The number of hydrogen-bond donors (Lipinski definition) is 3. The van der Waals surface area contributed by atoms with Gasteiger partial charge in [0, 0.05) is 6.20 Å². The maximum Gasteiger partial charge on any atom is 0.408 e. The Kier molecular flexibility index (Phi) is 7.14. The molecule has 0 spiro atoms. The van der Waals surface area contributed by atoms with Crippen molar-refractivity contribution in [3.63, 3.8) is 0 Å². The van der Waals surface area contributed by atoms with Gasteiger partial charge in [-0.1, -0.05) is 13.8 Å². The summed E-state index contributed by atoms with van der Waals surface area (Å²) in [5.74, 6) is -1.09. The summed E-state index contributed by atoms with van der Waals surface area (Å²) in [6.45, 7) is 8.84. The van der Waals surface area contributed by atoms with E-state index in [4.69, 9.17) is 4.74 Å². The molecular formula is C21H27FN4O3. The monoisotopic (exact) mass is 402 g/mol. The van der Waals surface area contributed by atoms with Crippen molar-refractivity contribution in [2.75, 3.05) is 10.6 Å². The Morgan fingerprint density at radius 2 is 1.86 bits per heavy atom. The number of nitrogens with one attached hydrogen (secondary N) is 3. The van der Waals surface area contributed by atoms with Gasteiger partial charge in [0.25, 0.3) is 0 Å². The van der Waals surface area contributed by atoms with Crippen molar-refractivity contribution in [1.29, 1.82) is 0 Å². The molecule has 2 amide bonds. The standard InChI is InChI=1S/C21H27FN4O3/c1-13(2)18(26-20(28)29-21(3,4)5)19(27)25-16-9-8-14(22)11-17(16)24-15-7-6-10-23-12-15/h6-13,18,24H,1-5H3,(H,25,27)(H,26,28). The Morgan fingerprint density at radius 3 is 2.45 bits per heavy atom. The van der Waals surface area contributed by atoms with Crippen LogP contribution < -0.4 is 16.0 Å². The fourth-order valence-corrected chi connectivity index (χ4v) is 2.50. The molecular weight excluding hydrogens is 375 g/mol. The third-order valence-corrected chi connectivity index (χ3v) is 3.80. The number of hydrogen-bond acceptors (Lipinski definition) is 5. The van der Waals surface area contributed by atoms with Gasteiger partial charge in [-0.15, -0.1) is 0 Å². The lowest BCUT2D eigenvalue weighted by Gasteiger charge is -2.25. The second-order valence-corrected chi connectivity index (χ2v) is 7.91. The first-order valence-electron chi connectivity index (χ1n) is 9.32. The van der Waals surface area contributed by atoms with Gasteiger partial charge >= 0.3 is 6.09 Å². The van der Waals surface area contributed by atoms with Crippen LogP contribution in [0.4, 0.5) is 26.2 Å². The van der Waals surface area contributed by atoms with E-state index in [9.17, 15) is 14.0 Å². The number of benzene rings is 1. The van der Waals surface area contributed by atoms with Gasteiger partial charge in [-0.25, -0.2) is 9.18 Å². The van der Waals surface area contributed by atoms with Crippen LogP contribution in [0.15, 0.2) is 42.7 Å². The zero-order valence-electron chi connectivity index (χ0n) is 17.2. The van der Waals surface area contributed by atoms with Crippen LogP contribution in [0.2, 0.25) is 0 Å². The minimum absolute atomic E-state index is 0.197. The highest BCUT2D eigenvalue weighted by molar-refractivity contribution is 5.99. The van der Waals surface area contributed by atoms with Crippen LogP contribution in [-0.4, -0.2) is 28.6 Å². The van der Waals surface area contributed by atoms with E-state index in [1.165, 1.54) is 18.2 Å². The first kappa shape index (κ1) is 22.1. The molecule has 0 aliphatic heterocycles. The quantitative estimate of drug-likeness (QED) is 0.664. The molecule has 0 aliphatic rings. The first-order valence-corrected chi connectivity index (χ1v) is 9.32. The molecule has 0 bridgehead atoms. The summed E-state index contributed by atoms with van der Waals surface area (Å²) < 4.78 is 19.0. The van der Waals surface area contributed by atoms with Crippen molar-refractivity contribution in [3.05, 3.63) is 48.5 Å². The second kappa shape index (κ2) is 9.36. The summed E-state index contributed by atoms with van der Waals surface area (Å²) in [6.07, 6.45) is 2.52. The Hall–Kier alpha value is -3.16. The summed E-state index contributed by atoms with van der Waals surface area (Å²) in [5.41, 5.74) is 0.698. The van der Waals surface area contributed by atoms with Crippen LogP contribution in [0.3, 0.4) is 0 Å². The molecule has 1 aromatic carbocycles. The lowest BCUT2D eigenvalue weighted by atomic mass is 10.0. The van der Waals surface area contributed by atoms with Crippen LogP contribution in [0.1, 0.15) is 34.6 Å². The largest absolute Gasteiger partial charge is 0.444 e. The molecule has 0 radical (unpaired) electrons. The van der Waals surface area contributed by atoms with E-state index in [2.05, 4.69) is 20.9 Å². The molecule has 29 heavy (non-hydrogen) atoms. The van der Waals surface area contributed by atoms with Crippen LogP contribution in [0.5, 0.6) is 0 Å². The van der Waals surface area contributed by atoms with Crippen molar-refractivity contribution < 1.29 is 18.7 Å². The lowest BCUT2D eigenvalue weighted by molar-refractivity contribution is -0.119. The van der Waals surface area contributed by atoms with Gasteiger partial charge in [-0.05, 0) is 57.0 Å². The zero-order chi connectivity index (χ0) is 21.6. The van der Waals surface area contributed by atoms with Gasteiger partial charge in [-0.3, -0.25) is 9.78 Å². The van der Waals surface area contributed by atoms with Crippen LogP contribution >= 0.6 is 0 Å². The molecule has 0 aliphatic carbocycles. The zero-order valence-corrected chi connectivity index (χ0v) is 17.2. The molecule has 7 nitrogen and oxygen atoms in total. The van der Waals surface area contributed by atoms with Gasteiger partial charge < -0.3 is 20.7 Å². The normalized spacial score (nSPS) is 12.2. The van der Waals surface area contributed by atoms with E-state index >= 15 is 0 Å². The van der Waals surface area contributed by atoms with E-state index in [0.717, 1.165) is 0 Å². The number of aromatic nitrogens is 1. The number of carbonyl (C=O) groups excluding carboxylic acids is 2. The molecule has 156 valence electrons. The van der Waals surface area contributed by atoms with Gasteiger partial charge in [-0.2, -0.15) is 0 Å². The average molecular weight is 402 g/mol. The van der Waals surface area contributed by atoms with Crippen molar-refractivity contribution >= 4 is 29.1 Å². The predicted molar refractivity (Wildman–Crippen MR) is 111 cm³/mol. The average Bonchev–Trinajstić information content (AvgIpc) is 2.61. The van der Waals surface area contributed by atoms with Gasteiger partial charge in [0.1, 0.15) is 17.5 Å². The molecule has 0 saturated heterocycles. The van der Waals surface area contributed by atoms with Crippen molar-refractivity contribution in [1.82, 2.24) is 10.3 Å². The predicted octanol–water partition coefficient (Wildman–Crippen LogP) is 4.45. The summed E-state index contributed by atoms with van der Waals surface area (Å²) in [5, 5.41) is 8.37. The van der Waals surface area contributed by atoms with Gasteiger partial charge in [0.15, 0.2) is 0 Å². The maximum absolute atomic E-state index is 13.8. The lowest BCUT2D eigenvalue weighted by Crippen LogP contribution is -2.48. The number of carbonyl (C=O) groups is 2. The SMILES string of the molecule is CC(C)C(NC(=O)OC(C)(C)C)C(=O)Nc1ccc(F)cc1Nc1cccnc1. The van der Waals surface area contributed by atoms with Crippen LogP contribution in [0.25, 0.3) is 0 Å². The third kappa shape index (κ3) is 7.06. The number of halogens is 1. The smallest absolute Gasteiger partial charge is 0.408 e. The van der Waals surface area contributed by atoms with Gasteiger partial charge in [0.05, 0.1) is 23.3 Å². The molecule has 3 N–H and O–H groups in total. The molecule has 8 heteroatoms. The third-order valence-electron chi connectivity index (χ3n) is 3.80. The highest BCUT2D eigenvalue weighted by Crippen LogP contribution is 2.26. The minimum atomic E-state index is -0.832. The highest BCUT2D eigenvalue weighted by atomic mass is 19.1. The number of amides is 2. The molecule has 0 saturated carbocycles. The number of nitrogens with zero attached hydrogens (tertiary/aromatic N) is 1. The van der Waals surface area contributed by atoms with Gasteiger partial charge in [0.2, 0.25) is 5.91 Å². The van der Waals surface area contributed by atoms with Crippen molar-refractivity contribution in [3.8, 4) is 0 Å². The van der Waals surface area contributed by atoms with E-state index in [1.54, 1.807) is 59.1 Å². The van der Waals surface area contributed by atoms with E-state index in [1.807, 2.05) is 0 Å². The second-order valence-electron chi connectivity index (χ2n) is 7.91. The van der Waals surface area contributed by atoms with Crippen LogP contribution in [0, 0.1) is 11.7 Å². The van der Waals surface area contributed by atoms with E-state index < -0.39 is 29.5 Å². The molecule has 1 unspecified atom stereocenters. The Labute approximate surface area is 170 Å². The van der Waals surface area contributed by atoms with E-state index in [0.29, 0.717) is 17.1 Å². The minimum Gasteiger partial charge on any atom is -0.444 e. The topological polar surface area (TPSA) is 92.3 Å².